The Kier molecular flexibility index (Phi) is 3.64. The number of pyridine rings is 1. The lowest BCUT2D eigenvalue weighted by Gasteiger charge is -2.02. The normalized spacial score (nSPS) is 10.6. The van der Waals surface area contributed by atoms with Crippen molar-refractivity contribution in [2.24, 2.45) is 0 Å². The summed E-state index contributed by atoms with van der Waals surface area (Å²) in [5, 5.41) is 0. The van der Waals surface area contributed by atoms with Crippen LogP contribution in [0.3, 0.4) is 0 Å². The molecule has 0 atom stereocenters. The Balaban J connectivity index is 2.31. The standard InChI is InChI=1S/C12H7F5NO/c13-8-9(14)11(16)18(12(17)10(8)15)19-6-7-4-2-1-3-5-7/h1-5H,6H2/q+1. The van der Waals surface area contributed by atoms with Crippen LogP contribution in [0, 0.1) is 29.3 Å². The second kappa shape index (κ2) is 5.21. The first-order chi connectivity index (χ1) is 9.02. The van der Waals surface area contributed by atoms with Crippen molar-refractivity contribution < 1.29 is 31.5 Å². The molecule has 0 unspecified atom stereocenters. The van der Waals surface area contributed by atoms with E-state index in [1.165, 1.54) is 0 Å². The smallest absolute Gasteiger partial charge is 0.261 e. The van der Waals surface area contributed by atoms with Crippen LogP contribution in [-0.2, 0) is 6.61 Å². The summed E-state index contributed by atoms with van der Waals surface area (Å²) in [5.74, 6) is -10.5. The van der Waals surface area contributed by atoms with Gasteiger partial charge in [-0.3, -0.25) is 4.84 Å². The van der Waals surface area contributed by atoms with Crippen LogP contribution in [0.4, 0.5) is 22.0 Å². The predicted molar refractivity (Wildman–Crippen MR) is 53.2 cm³/mol. The van der Waals surface area contributed by atoms with E-state index in [4.69, 9.17) is 0 Å². The average Bonchev–Trinajstić information content (AvgIpc) is 2.44. The molecule has 2 aromatic rings. The molecule has 0 amide bonds. The van der Waals surface area contributed by atoms with E-state index in [-0.39, 0.29) is 11.3 Å². The minimum absolute atomic E-state index is 0.343. The fraction of sp³-hybridized carbons (Fsp3) is 0.0833. The zero-order chi connectivity index (χ0) is 14.0. The van der Waals surface area contributed by atoms with Crippen molar-refractivity contribution in [3.8, 4) is 0 Å². The quantitative estimate of drug-likeness (QED) is 0.476. The van der Waals surface area contributed by atoms with Gasteiger partial charge in [0.25, 0.3) is 11.6 Å². The summed E-state index contributed by atoms with van der Waals surface area (Å²) in [4.78, 5) is 4.59. The Bertz CT molecular complexity index is 574. The van der Waals surface area contributed by atoms with Crippen molar-refractivity contribution in [3.63, 3.8) is 0 Å². The van der Waals surface area contributed by atoms with Gasteiger partial charge in [0, 0.05) is 0 Å². The fourth-order valence-corrected chi connectivity index (χ4v) is 1.37. The maximum absolute atomic E-state index is 13.2. The molecule has 0 spiro atoms. The molecule has 1 aromatic carbocycles. The van der Waals surface area contributed by atoms with Gasteiger partial charge in [0.1, 0.15) is 0 Å². The molecule has 2 rings (SSSR count). The summed E-state index contributed by atoms with van der Waals surface area (Å²) in [6, 6.07) is 8.14. The minimum Gasteiger partial charge on any atom is -0.261 e. The van der Waals surface area contributed by atoms with Gasteiger partial charge in [-0.15, -0.1) is 8.78 Å². The van der Waals surface area contributed by atoms with E-state index >= 15 is 0 Å². The Hall–Kier alpha value is -2.18. The summed E-state index contributed by atoms with van der Waals surface area (Å²) in [5.41, 5.74) is 0.513. The lowest BCUT2D eigenvalue weighted by atomic mass is 10.2. The third-order valence-corrected chi connectivity index (χ3v) is 2.31. The number of halogens is 5. The molecule has 0 radical (unpaired) electrons. The van der Waals surface area contributed by atoms with Gasteiger partial charge in [-0.1, -0.05) is 30.3 Å². The van der Waals surface area contributed by atoms with Crippen LogP contribution in [0.5, 0.6) is 0 Å². The van der Waals surface area contributed by atoms with Crippen LogP contribution < -0.4 is 9.57 Å². The van der Waals surface area contributed by atoms with E-state index in [0.717, 1.165) is 0 Å². The molecule has 0 aliphatic carbocycles. The van der Waals surface area contributed by atoms with Crippen LogP contribution in [0.15, 0.2) is 30.3 Å². The van der Waals surface area contributed by atoms with Crippen LogP contribution in [0.25, 0.3) is 0 Å². The highest BCUT2D eigenvalue weighted by atomic mass is 19.2. The molecule has 19 heavy (non-hydrogen) atoms. The molecule has 1 heterocycles. The number of aromatic nitrogens is 1. The van der Waals surface area contributed by atoms with Crippen LogP contribution in [0.2, 0.25) is 0 Å². The maximum atomic E-state index is 13.2. The average molecular weight is 276 g/mol. The van der Waals surface area contributed by atoms with Crippen molar-refractivity contribution in [1.29, 1.82) is 0 Å². The van der Waals surface area contributed by atoms with E-state index < -0.39 is 29.3 Å². The van der Waals surface area contributed by atoms with Gasteiger partial charge in [-0.25, -0.2) is 0 Å². The summed E-state index contributed by atoms with van der Waals surface area (Å²) < 4.78 is 64.6. The summed E-state index contributed by atoms with van der Waals surface area (Å²) in [6.45, 7) is -0.343. The molecule has 7 heteroatoms. The second-order valence-corrected chi connectivity index (χ2v) is 3.58. The molecule has 0 N–H and O–H groups in total. The molecule has 0 aliphatic heterocycles. The van der Waals surface area contributed by atoms with E-state index in [2.05, 4.69) is 4.84 Å². The van der Waals surface area contributed by atoms with E-state index in [9.17, 15) is 22.0 Å². The van der Waals surface area contributed by atoms with Gasteiger partial charge in [0.2, 0.25) is 5.82 Å². The van der Waals surface area contributed by atoms with Gasteiger partial charge in [-0.2, -0.15) is 13.2 Å². The molecule has 0 bridgehead atoms. The minimum atomic E-state index is -2.23. The van der Waals surface area contributed by atoms with Gasteiger partial charge in [0.05, 0.1) is 4.73 Å². The van der Waals surface area contributed by atoms with E-state index in [0.29, 0.717) is 5.56 Å². The van der Waals surface area contributed by atoms with Crippen LogP contribution in [0.1, 0.15) is 5.56 Å². The Morgan fingerprint density at radius 2 is 1.32 bits per heavy atom. The highest BCUT2D eigenvalue weighted by Crippen LogP contribution is 2.13. The maximum Gasteiger partial charge on any atom is 0.451 e. The highest BCUT2D eigenvalue weighted by Gasteiger charge is 2.35. The third-order valence-electron chi connectivity index (χ3n) is 2.31. The predicted octanol–water partition coefficient (Wildman–Crippen LogP) is 2.30. The number of nitrogens with zero attached hydrogens (tertiary/aromatic N) is 1. The fourth-order valence-electron chi connectivity index (χ4n) is 1.37. The van der Waals surface area contributed by atoms with Gasteiger partial charge in [-0.05, 0) is 5.56 Å². The summed E-state index contributed by atoms with van der Waals surface area (Å²) in [7, 11) is 0. The molecule has 1 aromatic heterocycles. The SMILES string of the molecule is Fc1c(F)c(F)[n+](OCc2ccccc2)c(F)c1F. The van der Waals surface area contributed by atoms with Crippen molar-refractivity contribution >= 4 is 0 Å². The summed E-state index contributed by atoms with van der Waals surface area (Å²) in [6.07, 6.45) is 0. The topological polar surface area (TPSA) is 13.1 Å². The number of benzene rings is 1. The Labute approximate surface area is 104 Å². The van der Waals surface area contributed by atoms with Crippen molar-refractivity contribution in [2.45, 2.75) is 6.61 Å². The monoisotopic (exact) mass is 276 g/mol. The van der Waals surface area contributed by atoms with E-state index in [1.54, 1.807) is 30.3 Å². The van der Waals surface area contributed by atoms with Crippen molar-refractivity contribution in [3.05, 3.63) is 65.2 Å². The molecule has 0 saturated carbocycles. The van der Waals surface area contributed by atoms with Crippen LogP contribution >= 0.6 is 0 Å². The van der Waals surface area contributed by atoms with Crippen LogP contribution in [-0.4, -0.2) is 0 Å². The number of hydrogen-bond donors (Lipinski definition) is 0. The first kappa shape index (κ1) is 13.3. The molecule has 2 nitrogen and oxygen atoms in total. The molecule has 100 valence electrons. The first-order valence-corrected chi connectivity index (χ1v) is 5.13. The molecule has 0 aliphatic rings. The lowest BCUT2D eigenvalue weighted by molar-refractivity contribution is -0.935. The van der Waals surface area contributed by atoms with Gasteiger partial charge < -0.3 is 0 Å². The highest BCUT2D eigenvalue weighted by molar-refractivity contribution is 5.13. The molecular weight excluding hydrogens is 269 g/mol. The zero-order valence-electron chi connectivity index (χ0n) is 9.34. The number of rotatable bonds is 3. The van der Waals surface area contributed by atoms with Gasteiger partial charge in [0.15, 0.2) is 6.61 Å². The molecular formula is C12H7F5NO+. The van der Waals surface area contributed by atoms with Gasteiger partial charge >= 0.3 is 11.9 Å². The van der Waals surface area contributed by atoms with Crippen molar-refractivity contribution in [1.82, 2.24) is 0 Å². The first-order valence-electron chi connectivity index (χ1n) is 5.13. The largest absolute Gasteiger partial charge is 0.451 e. The van der Waals surface area contributed by atoms with E-state index in [1.807, 2.05) is 0 Å². The molecule has 0 fully saturated rings. The van der Waals surface area contributed by atoms with Crippen molar-refractivity contribution in [2.75, 3.05) is 0 Å². The Morgan fingerprint density at radius 1 is 0.789 bits per heavy atom. The Morgan fingerprint density at radius 3 is 1.84 bits per heavy atom. The summed E-state index contributed by atoms with van der Waals surface area (Å²) >= 11 is 0. The number of hydrogen-bond acceptors (Lipinski definition) is 1. The second-order valence-electron chi connectivity index (χ2n) is 3.58. The third kappa shape index (κ3) is 2.49. The lowest BCUT2D eigenvalue weighted by Crippen LogP contribution is -2.51. The zero-order valence-corrected chi connectivity index (χ0v) is 9.34. The molecule has 0 saturated heterocycles.